The molecular formula is C5H11ClNO2S. The maximum atomic E-state index is 10.8. The summed E-state index contributed by atoms with van der Waals surface area (Å²) in [6, 6.07) is 0. The average molecular weight is 185 g/mol. The molecule has 0 saturated heterocycles. The van der Waals surface area contributed by atoms with E-state index in [9.17, 15) is 8.42 Å². The standard InChI is InChI=1S/C5H11ClNO2S/c1-7-3-5-10(8,9)4-2-6/h2-5H2,1H3. The number of rotatable bonds is 5. The first-order valence-corrected chi connectivity index (χ1v) is 5.30. The number of hydrogen-bond acceptors (Lipinski definition) is 2. The van der Waals surface area contributed by atoms with Crippen LogP contribution in [0.1, 0.15) is 0 Å². The van der Waals surface area contributed by atoms with Crippen molar-refractivity contribution in [3.05, 3.63) is 0 Å². The van der Waals surface area contributed by atoms with Gasteiger partial charge in [-0.05, 0) is 0 Å². The molecule has 0 bridgehead atoms. The molecule has 0 aromatic rings. The van der Waals surface area contributed by atoms with E-state index < -0.39 is 9.84 Å². The van der Waals surface area contributed by atoms with Gasteiger partial charge in [-0.1, -0.05) is 0 Å². The third-order valence-electron chi connectivity index (χ3n) is 1.01. The third-order valence-corrected chi connectivity index (χ3v) is 3.06. The largest absolute Gasteiger partial charge is 0.244 e. The second-order valence-corrected chi connectivity index (χ2v) is 4.56. The molecule has 0 heterocycles. The van der Waals surface area contributed by atoms with Crippen LogP contribution in [-0.2, 0) is 9.84 Å². The van der Waals surface area contributed by atoms with Gasteiger partial charge in [-0.2, -0.15) is 0 Å². The first-order chi connectivity index (χ1) is 4.62. The zero-order chi connectivity index (χ0) is 8.04. The molecule has 0 saturated carbocycles. The van der Waals surface area contributed by atoms with Crippen molar-refractivity contribution < 1.29 is 8.42 Å². The van der Waals surface area contributed by atoms with Crippen molar-refractivity contribution in [1.82, 2.24) is 5.32 Å². The van der Waals surface area contributed by atoms with E-state index in [-0.39, 0.29) is 17.4 Å². The molecule has 0 spiro atoms. The molecule has 0 aromatic heterocycles. The predicted octanol–water partition coefficient (Wildman–Crippen LogP) is -0.126. The maximum Gasteiger partial charge on any atom is 0.152 e. The first-order valence-electron chi connectivity index (χ1n) is 2.94. The molecular weight excluding hydrogens is 174 g/mol. The Hall–Kier alpha value is 0.200. The van der Waals surface area contributed by atoms with E-state index >= 15 is 0 Å². The van der Waals surface area contributed by atoms with Crippen molar-refractivity contribution in [2.45, 2.75) is 0 Å². The molecule has 0 fully saturated rings. The van der Waals surface area contributed by atoms with Gasteiger partial charge in [0.25, 0.3) is 0 Å². The van der Waals surface area contributed by atoms with E-state index in [0.717, 1.165) is 0 Å². The fourth-order valence-electron chi connectivity index (χ4n) is 0.450. The van der Waals surface area contributed by atoms with Crippen LogP contribution in [0.2, 0.25) is 0 Å². The third kappa shape index (κ3) is 5.02. The van der Waals surface area contributed by atoms with Gasteiger partial charge in [0.05, 0.1) is 11.5 Å². The van der Waals surface area contributed by atoms with Crippen molar-refractivity contribution in [2.75, 3.05) is 31.0 Å². The first kappa shape index (κ1) is 10.2. The van der Waals surface area contributed by atoms with Crippen molar-refractivity contribution in [3.8, 4) is 0 Å². The smallest absolute Gasteiger partial charge is 0.152 e. The second kappa shape index (κ2) is 4.93. The number of alkyl halides is 1. The van der Waals surface area contributed by atoms with Crippen molar-refractivity contribution in [2.24, 2.45) is 0 Å². The van der Waals surface area contributed by atoms with Crippen LogP contribution in [-0.4, -0.2) is 39.4 Å². The Balaban J connectivity index is 3.65. The van der Waals surface area contributed by atoms with Gasteiger partial charge in [-0.15, -0.1) is 11.6 Å². The van der Waals surface area contributed by atoms with Gasteiger partial charge in [0.1, 0.15) is 0 Å². The van der Waals surface area contributed by atoms with E-state index in [2.05, 4.69) is 5.32 Å². The fourth-order valence-corrected chi connectivity index (χ4v) is 2.06. The van der Waals surface area contributed by atoms with Gasteiger partial charge in [0, 0.05) is 19.5 Å². The minimum absolute atomic E-state index is 0.0596. The van der Waals surface area contributed by atoms with Gasteiger partial charge in [0.15, 0.2) is 9.84 Å². The highest BCUT2D eigenvalue weighted by Gasteiger charge is 2.07. The van der Waals surface area contributed by atoms with Crippen LogP contribution in [0.4, 0.5) is 0 Å². The summed E-state index contributed by atoms with van der Waals surface area (Å²) < 4.78 is 21.7. The summed E-state index contributed by atoms with van der Waals surface area (Å²) in [6.07, 6.45) is 0. The summed E-state index contributed by atoms with van der Waals surface area (Å²) in [5.74, 6) is 0.354. The Labute approximate surface area is 66.7 Å². The Morgan fingerprint density at radius 2 is 2.00 bits per heavy atom. The Bertz CT molecular complexity index is 166. The van der Waals surface area contributed by atoms with Crippen LogP contribution < -0.4 is 5.32 Å². The topological polar surface area (TPSA) is 48.2 Å². The minimum atomic E-state index is -2.92. The van der Waals surface area contributed by atoms with E-state index in [0.29, 0.717) is 6.54 Å². The average Bonchev–Trinajstić information content (AvgIpc) is 1.84. The molecule has 3 nitrogen and oxygen atoms in total. The normalized spacial score (nSPS) is 11.8. The zero-order valence-electron chi connectivity index (χ0n) is 5.88. The van der Waals surface area contributed by atoms with Crippen LogP contribution in [0.15, 0.2) is 0 Å². The summed E-state index contributed by atoms with van der Waals surface area (Å²) in [4.78, 5) is 0. The van der Waals surface area contributed by atoms with E-state index in [1.54, 1.807) is 7.05 Å². The second-order valence-electron chi connectivity index (χ2n) is 1.88. The number of nitrogens with zero attached hydrogens (tertiary/aromatic N) is 1. The molecule has 0 rings (SSSR count). The van der Waals surface area contributed by atoms with Crippen LogP contribution >= 0.6 is 11.6 Å². The molecule has 1 radical (unpaired) electrons. The number of sulfone groups is 1. The van der Waals surface area contributed by atoms with Gasteiger partial charge in [-0.25, -0.2) is 13.7 Å². The van der Waals surface area contributed by atoms with E-state index in [1.165, 1.54) is 0 Å². The lowest BCUT2D eigenvalue weighted by Crippen LogP contribution is -2.18. The highest BCUT2D eigenvalue weighted by atomic mass is 35.5. The quantitative estimate of drug-likeness (QED) is 0.560. The number of hydrogen-bond donors (Lipinski definition) is 0. The molecule has 0 aliphatic carbocycles. The van der Waals surface area contributed by atoms with Gasteiger partial charge in [-0.3, -0.25) is 0 Å². The molecule has 0 aromatic carbocycles. The van der Waals surface area contributed by atoms with Gasteiger partial charge >= 0.3 is 0 Å². The molecule has 0 unspecified atom stereocenters. The van der Waals surface area contributed by atoms with Crippen LogP contribution in [0.5, 0.6) is 0 Å². The summed E-state index contributed by atoms with van der Waals surface area (Å²) >= 11 is 5.26. The van der Waals surface area contributed by atoms with Crippen molar-refractivity contribution >= 4 is 21.4 Å². The molecule has 0 atom stereocenters. The molecule has 61 valence electrons. The monoisotopic (exact) mass is 184 g/mol. The Morgan fingerprint density at radius 1 is 1.40 bits per heavy atom. The van der Waals surface area contributed by atoms with Crippen LogP contribution in [0.25, 0.3) is 0 Å². The lowest BCUT2D eigenvalue weighted by atomic mass is 10.8. The lowest BCUT2D eigenvalue weighted by molar-refractivity contribution is 0.594. The summed E-state index contributed by atoms with van der Waals surface area (Å²) in [7, 11) is -1.33. The molecule has 0 amide bonds. The van der Waals surface area contributed by atoms with Crippen LogP contribution in [0.3, 0.4) is 0 Å². The van der Waals surface area contributed by atoms with Crippen molar-refractivity contribution in [3.63, 3.8) is 0 Å². The molecule has 5 heteroatoms. The minimum Gasteiger partial charge on any atom is -0.244 e. The lowest BCUT2D eigenvalue weighted by Gasteiger charge is -1.98. The Kier molecular flexibility index (Phi) is 5.03. The highest BCUT2D eigenvalue weighted by molar-refractivity contribution is 7.91. The molecule has 0 N–H and O–H groups in total. The van der Waals surface area contributed by atoms with E-state index in [1.807, 2.05) is 0 Å². The summed E-state index contributed by atoms with van der Waals surface area (Å²) in [6.45, 7) is 0.374. The predicted molar refractivity (Wildman–Crippen MR) is 42.3 cm³/mol. The zero-order valence-corrected chi connectivity index (χ0v) is 7.45. The SMILES string of the molecule is C[N]CCS(=O)(=O)CCCl. The van der Waals surface area contributed by atoms with E-state index in [4.69, 9.17) is 11.6 Å². The Morgan fingerprint density at radius 3 is 2.40 bits per heavy atom. The van der Waals surface area contributed by atoms with Gasteiger partial charge in [0.2, 0.25) is 0 Å². The van der Waals surface area contributed by atoms with Crippen LogP contribution in [0, 0.1) is 0 Å². The maximum absolute atomic E-state index is 10.8. The summed E-state index contributed by atoms with van der Waals surface area (Å²) in [5, 5.41) is 3.68. The van der Waals surface area contributed by atoms with Gasteiger partial charge < -0.3 is 0 Å². The molecule has 0 aliphatic rings. The summed E-state index contributed by atoms with van der Waals surface area (Å²) in [5.41, 5.74) is 0. The fraction of sp³-hybridized carbons (Fsp3) is 1.00. The highest BCUT2D eigenvalue weighted by Crippen LogP contribution is 1.90. The number of halogens is 1. The molecule has 0 aliphatic heterocycles. The van der Waals surface area contributed by atoms with Crippen molar-refractivity contribution in [1.29, 1.82) is 0 Å². The molecule has 10 heavy (non-hydrogen) atoms.